The summed E-state index contributed by atoms with van der Waals surface area (Å²) in [5.41, 5.74) is 0.643. The summed E-state index contributed by atoms with van der Waals surface area (Å²) in [7, 11) is 1.50. The fraction of sp³-hybridized carbons (Fsp3) is 0.176. The minimum absolute atomic E-state index is 0.186. The van der Waals surface area contributed by atoms with Gasteiger partial charge in [-0.2, -0.15) is 0 Å². The molecule has 26 heavy (non-hydrogen) atoms. The van der Waals surface area contributed by atoms with Crippen LogP contribution in [0.5, 0.6) is 5.75 Å². The maximum absolute atomic E-state index is 12.0. The summed E-state index contributed by atoms with van der Waals surface area (Å²) >= 11 is 1.29. The number of esters is 1. The zero-order valence-electron chi connectivity index (χ0n) is 13.8. The minimum atomic E-state index is -0.644. The highest BCUT2D eigenvalue weighted by Gasteiger charge is 2.11. The number of hydrogen-bond acceptors (Lipinski definition) is 7. The third kappa shape index (κ3) is 4.06. The summed E-state index contributed by atoms with van der Waals surface area (Å²) in [6.45, 7) is -0.490. The van der Waals surface area contributed by atoms with Gasteiger partial charge in [0.05, 0.1) is 12.6 Å². The highest BCUT2D eigenvalue weighted by molar-refractivity contribution is 7.17. The van der Waals surface area contributed by atoms with Crippen LogP contribution in [0.2, 0.25) is 0 Å². The number of carbonyl (C=O) groups excluding carboxylic acids is 2. The predicted molar refractivity (Wildman–Crippen MR) is 95.4 cm³/mol. The molecular formula is C17H15N3O5S. The molecule has 8 nitrogen and oxygen atoms in total. The van der Waals surface area contributed by atoms with Gasteiger partial charge in [-0.3, -0.25) is 14.4 Å². The Bertz CT molecular complexity index is 1010. The number of fused-ring (bicyclic) bond motifs is 1. The molecule has 2 aromatic heterocycles. The molecule has 0 fully saturated rings. The van der Waals surface area contributed by atoms with Gasteiger partial charge in [0.1, 0.15) is 29.4 Å². The first-order valence-corrected chi connectivity index (χ1v) is 8.49. The Hall–Kier alpha value is -3.20. The second-order valence-electron chi connectivity index (χ2n) is 5.22. The Kier molecular flexibility index (Phi) is 5.28. The number of methoxy groups -OCH3 is 1. The first-order chi connectivity index (χ1) is 12.6. The van der Waals surface area contributed by atoms with E-state index in [-0.39, 0.29) is 24.5 Å². The van der Waals surface area contributed by atoms with E-state index in [4.69, 9.17) is 9.47 Å². The van der Waals surface area contributed by atoms with Crippen LogP contribution >= 0.6 is 11.3 Å². The summed E-state index contributed by atoms with van der Waals surface area (Å²) in [6, 6.07) is 8.27. The van der Waals surface area contributed by atoms with Crippen molar-refractivity contribution in [3.05, 3.63) is 57.5 Å². The van der Waals surface area contributed by atoms with E-state index in [1.165, 1.54) is 18.4 Å². The van der Waals surface area contributed by atoms with Crippen molar-refractivity contribution in [1.29, 1.82) is 0 Å². The second-order valence-corrected chi connectivity index (χ2v) is 6.14. The number of thiophene rings is 1. The van der Waals surface area contributed by atoms with Gasteiger partial charge in [0.25, 0.3) is 11.5 Å². The maximum Gasteiger partial charge on any atom is 0.325 e. The summed E-state index contributed by atoms with van der Waals surface area (Å²) in [5.74, 6) is -0.283. The van der Waals surface area contributed by atoms with Crippen LogP contribution in [-0.2, 0) is 16.1 Å². The highest BCUT2D eigenvalue weighted by Crippen LogP contribution is 2.14. The highest BCUT2D eigenvalue weighted by atomic mass is 32.1. The van der Waals surface area contributed by atoms with Gasteiger partial charge in [0.2, 0.25) is 0 Å². The van der Waals surface area contributed by atoms with Gasteiger partial charge < -0.3 is 19.8 Å². The van der Waals surface area contributed by atoms with Gasteiger partial charge in [0.15, 0.2) is 0 Å². The molecule has 2 heterocycles. The Balaban J connectivity index is 1.53. The number of aromatic amines is 1. The van der Waals surface area contributed by atoms with Crippen molar-refractivity contribution in [2.24, 2.45) is 0 Å². The molecule has 0 bridgehead atoms. The molecule has 1 aromatic carbocycles. The number of H-pyrrole nitrogens is 1. The van der Waals surface area contributed by atoms with Crippen molar-refractivity contribution in [2.75, 3.05) is 13.7 Å². The van der Waals surface area contributed by atoms with E-state index in [0.29, 0.717) is 21.5 Å². The van der Waals surface area contributed by atoms with E-state index in [1.807, 2.05) is 0 Å². The molecule has 0 unspecified atom stereocenters. The molecule has 0 atom stereocenters. The first-order valence-electron chi connectivity index (χ1n) is 7.61. The Morgan fingerprint density at radius 2 is 2.15 bits per heavy atom. The molecule has 134 valence electrons. The zero-order valence-corrected chi connectivity index (χ0v) is 14.6. The average molecular weight is 373 g/mol. The second kappa shape index (κ2) is 7.79. The number of nitrogens with one attached hydrogen (secondary N) is 2. The van der Waals surface area contributed by atoms with E-state index in [2.05, 4.69) is 15.3 Å². The van der Waals surface area contributed by atoms with Crippen molar-refractivity contribution < 1.29 is 19.1 Å². The van der Waals surface area contributed by atoms with Crippen molar-refractivity contribution in [3.8, 4) is 5.75 Å². The van der Waals surface area contributed by atoms with Gasteiger partial charge in [0, 0.05) is 5.56 Å². The number of ether oxygens (including phenoxy) is 2. The molecule has 3 aromatic rings. The van der Waals surface area contributed by atoms with Crippen LogP contribution in [0.15, 0.2) is 40.5 Å². The van der Waals surface area contributed by atoms with Crippen molar-refractivity contribution in [2.45, 2.75) is 6.61 Å². The van der Waals surface area contributed by atoms with E-state index >= 15 is 0 Å². The molecule has 0 aliphatic heterocycles. The maximum atomic E-state index is 12.0. The topological polar surface area (TPSA) is 110 Å². The summed E-state index contributed by atoms with van der Waals surface area (Å²) in [4.78, 5) is 42.4. The van der Waals surface area contributed by atoms with Crippen LogP contribution in [0.1, 0.15) is 16.2 Å². The molecule has 0 saturated heterocycles. The molecule has 9 heteroatoms. The van der Waals surface area contributed by atoms with Crippen LogP contribution in [0.4, 0.5) is 0 Å². The zero-order chi connectivity index (χ0) is 18.5. The Morgan fingerprint density at radius 3 is 2.96 bits per heavy atom. The fourth-order valence-corrected chi connectivity index (χ4v) is 2.93. The molecule has 0 radical (unpaired) electrons. The van der Waals surface area contributed by atoms with Gasteiger partial charge in [-0.25, -0.2) is 4.98 Å². The molecule has 0 aliphatic carbocycles. The lowest BCUT2D eigenvalue weighted by Crippen LogP contribution is -2.30. The normalized spacial score (nSPS) is 10.5. The van der Waals surface area contributed by atoms with Crippen LogP contribution in [-0.4, -0.2) is 35.5 Å². The molecule has 3 rings (SSSR count). The molecule has 0 spiro atoms. The number of hydrogen-bond donors (Lipinski definition) is 2. The lowest BCUT2D eigenvalue weighted by atomic mass is 10.2. The molecule has 0 saturated carbocycles. The van der Waals surface area contributed by atoms with Crippen LogP contribution in [0, 0.1) is 0 Å². The van der Waals surface area contributed by atoms with Crippen LogP contribution < -0.4 is 15.6 Å². The number of benzene rings is 1. The van der Waals surface area contributed by atoms with E-state index in [9.17, 15) is 14.4 Å². The lowest BCUT2D eigenvalue weighted by molar-refractivity contribution is -0.143. The van der Waals surface area contributed by atoms with Crippen molar-refractivity contribution >= 4 is 33.4 Å². The fourth-order valence-electron chi connectivity index (χ4n) is 2.21. The minimum Gasteiger partial charge on any atom is -0.497 e. The Morgan fingerprint density at radius 1 is 1.31 bits per heavy atom. The number of rotatable bonds is 6. The number of amides is 1. The standard InChI is InChI=1S/C17H15N3O5S/c1-24-11-4-2-3-10(7-11)16(22)18-8-14(21)25-9-13-19-12-5-6-26-15(12)17(23)20-13/h2-7H,8-9H2,1H3,(H,18,22)(H,19,20,23). The Labute approximate surface area is 151 Å². The van der Waals surface area contributed by atoms with Gasteiger partial charge in [-0.1, -0.05) is 6.07 Å². The lowest BCUT2D eigenvalue weighted by Gasteiger charge is -2.07. The number of aromatic nitrogens is 2. The molecular weight excluding hydrogens is 358 g/mol. The SMILES string of the molecule is COc1cccc(C(=O)NCC(=O)OCc2nc3ccsc3c(=O)[nH]2)c1. The monoisotopic (exact) mass is 373 g/mol. The molecule has 2 N–H and O–H groups in total. The first kappa shape index (κ1) is 17.6. The largest absolute Gasteiger partial charge is 0.497 e. The molecule has 0 aliphatic rings. The quantitative estimate of drug-likeness (QED) is 0.633. The third-order valence-electron chi connectivity index (χ3n) is 3.46. The van der Waals surface area contributed by atoms with Crippen molar-refractivity contribution in [1.82, 2.24) is 15.3 Å². The predicted octanol–water partition coefficient (Wildman–Crippen LogP) is 1.47. The van der Waals surface area contributed by atoms with Gasteiger partial charge >= 0.3 is 5.97 Å². The summed E-state index contributed by atoms with van der Waals surface area (Å²) in [6.07, 6.45) is 0. The van der Waals surface area contributed by atoms with Crippen molar-refractivity contribution in [3.63, 3.8) is 0 Å². The number of carbonyl (C=O) groups is 2. The smallest absolute Gasteiger partial charge is 0.325 e. The van der Waals surface area contributed by atoms with Gasteiger partial charge in [-0.15, -0.1) is 11.3 Å². The molecule has 1 amide bonds. The van der Waals surface area contributed by atoms with Gasteiger partial charge in [-0.05, 0) is 29.6 Å². The number of nitrogens with zero attached hydrogens (tertiary/aromatic N) is 1. The average Bonchev–Trinajstić information content (AvgIpc) is 3.13. The summed E-state index contributed by atoms with van der Waals surface area (Å²) < 4.78 is 10.6. The third-order valence-corrected chi connectivity index (χ3v) is 4.36. The van der Waals surface area contributed by atoms with E-state index in [1.54, 1.807) is 35.7 Å². The van der Waals surface area contributed by atoms with E-state index in [0.717, 1.165) is 0 Å². The van der Waals surface area contributed by atoms with E-state index < -0.39 is 11.9 Å². The van der Waals surface area contributed by atoms with Crippen LogP contribution in [0.25, 0.3) is 10.2 Å². The summed E-state index contributed by atoms with van der Waals surface area (Å²) in [5, 5.41) is 4.22. The van der Waals surface area contributed by atoms with Crippen LogP contribution in [0.3, 0.4) is 0 Å².